The minimum Gasteiger partial charge on any atom is -0.380 e. The van der Waals surface area contributed by atoms with Crippen LogP contribution in [-0.2, 0) is 11.3 Å². The maximum atomic E-state index is 13.2. The number of ether oxygens (including phenoxy) is 1. The molecule has 0 fully saturated rings. The van der Waals surface area contributed by atoms with Gasteiger partial charge >= 0.3 is 0 Å². The molecule has 0 saturated heterocycles. The summed E-state index contributed by atoms with van der Waals surface area (Å²) in [6, 6.07) is 11.5. The molecule has 0 radical (unpaired) electrons. The topological polar surface area (TPSA) is 51.2 Å². The number of rotatable bonds is 4. The molecule has 0 bridgehead atoms. The Morgan fingerprint density at radius 2 is 2.18 bits per heavy atom. The van der Waals surface area contributed by atoms with Crippen LogP contribution in [0.5, 0.6) is 0 Å². The largest absolute Gasteiger partial charge is 0.380 e. The number of benzene rings is 2. The highest BCUT2D eigenvalue weighted by molar-refractivity contribution is 7.22. The van der Waals surface area contributed by atoms with Crippen LogP contribution < -0.4 is 5.32 Å². The lowest BCUT2D eigenvalue weighted by molar-refractivity contribution is 0.102. The summed E-state index contributed by atoms with van der Waals surface area (Å²) in [4.78, 5) is 16.5. The van der Waals surface area contributed by atoms with Gasteiger partial charge in [0, 0.05) is 12.7 Å². The van der Waals surface area contributed by atoms with Crippen molar-refractivity contribution in [1.29, 1.82) is 0 Å². The van der Waals surface area contributed by atoms with Gasteiger partial charge in [0.2, 0.25) is 0 Å². The third-order valence-corrected chi connectivity index (χ3v) is 4.00. The maximum absolute atomic E-state index is 13.2. The fourth-order valence-corrected chi connectivity index (χ4v) is 2.98. The van der Waals surface area contributed by atoms with Crippen LogP contribution in [0.1, 0.15) is 15.9 Å². The second-order valence-electron chi connectivity index (χ2n) is 4.72. The van der Waals surface area contributed by atoms with Crippen LogP contribution in [0.3, 0.4) is 0 Å². The van der Waals surface area contributed by atoms with E-state index in [-0.39, 0.29) is 11.7 Å². The van der Waals surface area contributed by atoms with Gasteiger partial charge in [-0.3, -0.25) is 10.1 Å². The minimum atomic E-state index is -0.318. The Labute approximate surface area is 130 Å². The zero-order valence-electron chi connectivity index (χ0n) is 11.8. The summed E-state index contributed by atoms with van der Waals surface area (Å²) in [6.45, 7) is 0.446. The number of carbonyl (C=O) groups excluding carboxylic acids is 1. The monoisotopic (exact) mass is 316 g/mol. The van der Waals surface area contributed by atoms with E-state index in [1.807, 2.05) is 6.07 Å². The van der Waals surface area contributed by atoms with Crippen LogP contribution in [0, 0.1) is 5.82 Å². The lowest BCUT2D eigenvalue weighted by Gasteiger charge is -2.04. The standard InChI is InChI=1S/C16H13FN2O2S/c1-21-9-10-3-2-4-11(7-10)15(20)19-16-18-13-6-5-12(17)8-14(13)22-16/h2-8H,9H2,1H3,(H,18,19,20). The van der Waals surface area contributed by atoms with E-state index in [9.17, 15) is 9.18 Å². The van der Waals surface area contributed by atoms with Gasteiger partial charge in [-0.05, 0) is 35.9 Å². The summed E-state index contributed by atoms with van der Waals surface area (Å²) >= 11 is 1.24. The van der Waals surface area contributed by atoms with Crippen molar-refractivity contribution in [2.75, 3.05) is 12.4 Å². The van der Waals surface area contributed by atoms with Gasteiger partial charge in [-0.25, -0.2) is 9.37 Å². The Kier molecular flexibility index (Phi) is 4.13. The van der Waals surface area contributed by atoms with Crippen molar-refractivity contribution in [3.63, 3.8) is 0 Å². The average Bonchev–Trinajstić information content (AvgIpc) is 2.89. The summed E-state index contributed by atoms with van der Waals surface area (Å²) in [5, 5.41) is 3.19. The number of fused-ring (bicyclic) bond motifs is 1. The molecule has 0 aliphatic carbocycles. The molecule has 1 amide bonds. The molecule has 0 aliphatic heterocycles. The number of hydrogen-bond acceptors (Lipinski definition) is 4. The van der Waals surface area contributed by atoms with Crippen molar-refractivity contribution in [1.82, 2.24) is 4.98 Å². The number of nitrogens with zero attached hydrogens (tertiary/aromatic N) is 1. The Morgan fingerprint density at radius 1 is 1.32 bits per heavy atom. The number of nitrogens with one attached hydrogen (secondary N) is 1. The maximum Gasteiger partial charge on any atom is 0.257 e. The predicted octanol–water partition coefficient (Wildman–Crippen LogP) is 3.83. The summed E-state index contributed by atoms with van der Waals surface area (Å²) in [6.07, 6.45) is 0. The van der Waals surface area contributed by atoms with Gasteiger partial charge < -0.3 is 4.74 Å². The van der Waals surface area contributed by atoms with Crippen molar-refractivity contribution in [2.24, 2.45) is 0 Å². The molecular formula is C16H13FN2O2S. The van der Waals surface area contributed by atoms with E-state index in [1.54, 1.807) is 31.4 Å². The van der Waals surface area contributed by atoms with Gasteiger partial charge in [-0.1, -0.05) is 23.5 Å². The summed E-state index contributed by atoms with van der Waals surface area (Å²) in [7, 11) is 1.60. The van der Waals surface area contributed by atoms with Crippen molar-refractivity contribution < 1.29 is 13.9 Å². The summed E-state index contributed by atoms with van der Waals surface area (Å²) in [5.74, 6) is -0.571. The molecule has 3 rings (SSSR count). The molecule has 112 valence electrons. The molecule has 6 heteroatoms. The smallest absolute Gasteiger partial charge is 0.257 e. The van der Waals surface area contributed by atoms with Gasteiger partial charge in [0.05, 0.1) is 16.8 Å². The van der Waals surface area contributed by atoms with Crippen LogP contribution in [-0.4, -0.2) is 18.0 Å². The Bertz CT molecular complexity index is 832. The first-order valence-corrected chi connectivity index (χ1v) is 7.42. The van der Waals surface area contributed by atoms with Crippen LogP contribution in [0.2, 0.25) is 0 Å². The quantitative estimate of drug-likeness (QED) is 0.796. The number of amides is 1. The molecular weight excluding hydrogens is 303 g/mol. The van der Waals surface area contributed by atoms with Crippen molar-refractivity contribution >= 4 is 32.6 Å². The van der Waals surface area contributed by atoms with Crippen LogP contribution in [0.4, 0.5) is 9.52 Å². The third kappa shape index (κ3) is 3.13. The fourth-order valence-electron chi connectivity index (χ4n) is 2.09. The molecule has 2 aromatic carbocycles. The molecule has 0 unspecified atom stereocenters. The molecule has 1 N–H and O–H groups in total. The van der Waals surface area contributed by atoms with Gasteiger partial charge in [0.25, 0.3) is 5.91 Å². The Hall–Kier alpha value is -2.31. The van der Waals surface area contributed by atoms with Crippen LogP contribution in [0.25, 0.3) is 10.2 Å². The van der Waals surface area contributed by atoms with E-state index in [1.165, 1.54) is 23.5 Å². The molecule has 0 atom stereocenters. The number of thiazole rings is 1. The fraction of sp³-hybridized carbons (Fsp3) is 0.125. The number of aromatic nitrogens is 1. The highest BCUT2D eigenvalue weighted by Gasteiger charge is 2.11. The second-order valence-corrected chi connectivity index (χ2v) is 5.75. The zero-order valence-corrected chi connectivity index (χ0v) is 12.6. The van der Waals surface area contributed by atoms with Crippen molar-refractivity contribution in [3.8, 4) is 0 Å². The number of hydrogen-bond donors (Lipinski definition) is 1. The van der Waals surface area contributed by atoms with Gasteiger partial charge in [-0.15, -0.1) is 0 Å². The zero-order chi connectivity index (χ0) is 15.5. The van der Waals surface area contributed by atoms with Crippen LogP contribution >= 0.6 is 11.3 Å². The highest BCUT2D eigenvalue weighted by Crippen LogP contribution is 2.26. The van der Waals surface area contributed by atoms with E-state index in [0.29, 0.717) is 27.5 Å². The molecule has 0 spiro atoms. The van der Waals surface area contributed by atoms with E-state index in [2.05, 4.69) is 10.3 Å². The number of carbonyl (C=O) groups is 1. The number of methoxy groups -OCH3 is 1. The minimum absolute atomic E-state index is 0.252. The van der Waals surface area contributed by atoms with Crippen molar-refractivity contribution in [3.05, 3.63) is 59.4 Å². The second kappa shape index (κ2) is 6.21. The Morgan fingerprint density at radius 3 is 3.00 bits per heavy atom. The summed E-state index contributed by atoms with van der Waals surface area (Å²) < 4.78 is 18.9. The normalized spacial score (nSPS) is 10.8. The third-order valence-electron chi connectivity index (χ3n) is 3.07. The van der Waals surface area contributed by atoms with E-state index in [4.69, 9.17) is 4.74 Å². The first-order valence-electron chi connectivity index (χ1n) is 6.61. The van der Waals surface area contributed by atoms with Gasteiger partial charge in [0.15, 0.2) is 5.13 Å². The molecule has 1 aromatic heterocycles. The van der Waals surface area contributed by atoms with Crippen molar-refractivity contribution in [2.45, 2.75) is 6.61 Å². The Balaban J connectivity index is 1.81. The van der Waals surface area contributed by atoms with Gasteiger partial charge in [-0.2, -0.15) is 0 Å². The molecule has 0 saturated carbocycles. The molecule has 4 nitrogen and oxygen atoms in total. The molecule has 22 heavy (non-hydrogen) atoms. The lowest BCUT2D eigenvalue weighted by atomic mass is 10.1. The predicted molar refractivity (Wildman–Crippen MR) is 84.7 cm³/mol. The van der Waals surface area contributed by atoms with E-state index in [0.717, 1.165) is 5.56 Å². The first-order chi connectivity index (χ1) is 10.7. The van der Waals surface area contributed by atoms with E-state index < -0.39 is 0 Å². The SMILES string of the molecule is COCc1cccc(C(=O)Nc2nc3ccc(F)cc3s2)c1. The molecule has 3 aromatic rings. The van der Waals surface area contributed by atoms with E-state index >= 15 is 0 Å². The molecule has 0 aliphatic rings. The molecule has 1 heterocycles. The number of anilines is 1. The van der Waals surface area contributed by atoms with Crippen LogP contribution in [0.15, 0.2) is 42.5 Å². The van der Waals surface area contributed by atoms with Gasteiger partial charge in [0.1, 0.15) is 5.82 Å². The number of halogens is 1. The lowest BCUT2D eigenvalue weighted by Crippen LogP contribution is -2.11. The summed E-state index contributed by atoms with van der Waals surface area (Å²) in [5.41, 5.74) is 2.11. The highest BCUT2D eigenvalue weighted by atomic mass is 32.1. The average molecular weight is 316 g/mol. The first kappa shape index (κ1) is 14.6.